The van der Waals surface area contributed by atoms with Gasteiger partial charge in [-0.3, -0.25) is 14.2 Å². The number of nitrogens with zero attached hydrogens (tertiary/aromatic N) is 4. The van der Waals surface area contributed by atoms with Crippen molar-refractivity contribution in [1.82, 2.24) is 24.0 Å². The molecule has 28 heavy (non-hydrogen) atoms. The van der Waals surface area contributed by atoms with Gasteiger partial charge in [0.15, 0.2) is 11.2 Å². The molecule has 0 saturated carbocycles. The molecule has 2 aromatic heterocycles. The predicted molar refractivity (Wildman–Crippen MR) is 110 cm³/mol. The fourth-order valence-corrected chi connectivity index (χ4v) is 3.05. The Balaban J connectivity index is 2.59. The number of nitrogens with one attached hydrogen (secondary N) is 1. The number of hydrogen-bond donors (Lipinski definition) is 1. The van der Waals surface area contributed by atoms with Crippen LogP contribution in [-0.4, -0.2) is 30.6 Å². The maximum atomic E-state index is 13.1. The standard InChI is InChI=1S/C20H33N5O3/c1-12(2)8-23-11-21-18-17(23)19(27)25(20(28)24(18)9-13(3)4)10-16(26)22-15(7)14(5)6/h11-15H,8-10H2,1-7H3,(H,22,26). The molecular formula is C20H33N5O3. The average Bonchev–Trinajstić information content (AvgIpc) is 2.98. The lowest BCUT2D eigenvalue weighted by molar-refractivity contribution is -0.122. The number of amides is 1. The Kier molecular flexibility index (Phi) is 6.85. The second-order valence-electron chi connectivity index (χ2n) is 8.74. The second kappa shape index (κ2) is 8.75. The summed E-state index contributed by atoms with van der Waals surface area (Å²) in [7, 11) is 0. The summed E-state index contributed by atoms with van der Waals surface area (Å²) in [5.41, 5.74) is -0.200. The first-order valence-electron chi connectivity index (χ1n) is 10.0. The van der Waals surface area contributed by atoms with E-state index in [-0.39, 0.29) is 30.3 Å². The fourth-order valence-electron chi connectivity index (χ4n) is 3.05. The lowest BCUT2D eigenvalue weighted by atomic mass is 10.1. The van der Waals surface area contributed by atoms with Gasteiger partial charge in [-0.05, 0) is 24.7 Å². The highest BCUT2D eigenvalue weighted by atomic mass is 16.2. The van der Waals surface area contributed by atoms with Crippen LogP contribution in [0.2, 0.25) is 0 Å². The lowest BCUT2D eigenvalue weighted by Crippen LogP contribution is -2.46. The average molecular weight is 392 g/mol. The van der Waals surface area contributed by atoms with Crippen molar-refractivity contribution in [2.24, 2.45) is 17.8 Å². The minimum atomic E-state index is -0.492. The van der Waals surface area contributed by atoms with Crippen molar-refractivity contribution < 1.29 is 4.79 Å². The van der Waals surface area contributed by atoms with Crippen molar-refractivity contribution in [3.63, 3.8) is 0 Å². The molecule has 0 aromatic carbocycles. The molecule has 8 heteroatoms. The first-order chi connectivity index (χ1) is 13.0. The molecule has 2 aromatic rings. The first kappa shape index (κ1) is 21.9. The second-order valence-corrected chi connectivity index (χ2v) is 8.74. The van der Waals surface area contributed by atoms with Gasteiger partial charge in [0.2, 0.25) is 5.91 Å². The first-order valence-corrected chi connectivity index (χ1v) is 10.0. The Morgan fingerprint density at radius 3 is 2.14 bits per heavy atom. The fraction of sp³-hybridized carbons (Fsp3) is 0.700. The van der Waals surface area contributed by atoms with Crippen LogP contribution in [0.25, 0.3) is 11.2 Å². The molecule has 156 valence electrons. The molecule has 0 aliphatic carbocycles. The number of hydrogen-bond acceptors (Lipinski definition) is 4. The van der Waals surface area contributed by atoms with Crippen LogP contribution in [0.4, 0.5) is 0 Å². The highest BCUT2D eigenvalue weighted by Gasteiger charge is 2.21. The summed E-state index contributed by atoms with van der Waals surface area (Å²) in [6, 6.07) is -0.0451. The number of aromatic nitrogens is 4. The number of carbonyl (C=O) groups excluding carboxylic acids is 1. The molecule has 1 N–H and O–H groups in total. The van der Waals surface area contributed by atoms with Gasteiger partial charge in [0.25, 0.3) is 5.56 Å². The van der Waals surface area contributed by atoms with E-state index < -0.39 is 11.2 Å². The number of rotatable bonds is 8. The van der Waals surface area contributed by atoms with Gasteiger partial charge in [-0.15, -0.1) is 0 Å². The van der Waals surface area contributed by atoms with Crippen LogP contribution in [0.5, 0.6) is 0 Å². The van der Waals surface area contributed by atoms with Crippen LogP contribution in [0.3, 0.4) is 0 Å². The maximum Gasteiger partial charge on any atom is 0.333 e. The van der Waals surface area contributed by atoms with Gasteiger partial charge in [-0.1, -0.05) is 41.5 Å². The molecular weight excluding hydrogens is 358 g/mol. The zero-order chi connectivity index (χ0) is 21.2. The van der Waals surface area contributed by atoms with Gasteiger partial charge in [0.05, 0.1) is 6.33 Å². The Morgan fingerprint density at radius 2 is 1.61 bits per heavy atom. The van der Waals surface area contributed by atoms with Crippen LogP contribution in [-0.2, 0) is 24.4 Å². The summed E-state index contributed by atoms with van der Waals surface area (Å²) < 4.78 is 4.33. The SMILES string of the molecule is CC(C)Cn1cnc2c1c(=O)n(CC(=O)NC(C)C(C)C)c(=O)n2CC(C)C. The molecule has 2 heterocycles. The molecule has 0 bridgehead atoms. The van der Waals surface area contributed by atoms with Crippen LogP contribution < -0.4 is 16.6 Å². The third-order valence-corrected chi connectivity index (χ3v) is 4.78. The maximum absolute atomic E-state index is 13.1. The third-order valence-electron chi connectivity index (χ3n) is 4.78. The van der Waals surface area contributed by atoms with Crippen LogP contribution in [0.15, 0.2) is 15.9 Å². The molecule has 1 amide bonds. The van der Waals surface area contributed by atoms with Crippen LogP contribution >= 0.6 is 0 Å². The monoisotopic (exact) mass is 391 g/mol. The van der Waals surface area contributed by atoms with Crippen molar-refractivity contribution in [3.8, 4) is 0 Å². The zero-order valence-electron chi connectivity index (χ0n) is 18.0. The topological polar surface area (TPSA) is 90.9 Å². The van der Waals surface area contributed by atoms with Crippen molar-refractivity contribution in [3.05, 3.63) is 27.2 Å². The highest BCUT2D eigenvalue weighted by molar-refractivity contribution is 5.77. The van der Waals surface area contributed by atoms with E-state index in [4.69, 9.17) is 0 Å². The molecule has 0 radical (unpaired) electrons. The highest BCUT2D eigenvalue weighted by Crippen LogP contribution is 2.11. The molecule has 0 spiro atoms. The molecule has 0 aliphatic rings. The summed E-state index contributed by atoms with van der Waals surface area (Å²) in [5.74, 6) is 0.418. The van der Waals surface area contributed by atoms with Crippen molar-refractivity contribution in [2.75, 3.05) is 0 Å². The molecule has 2 rings (SSSR count). The number of imidazole rings is 1. The lowest BCUT2D eigenvalue weighted by Gasteiger charge is -2.18. The Labute approximate surface area is 165 Å². The summed E-state index contributed by atoms with van der Waals surface area (Å²) in [6.07, 6.45) is 1.60. The largest absolute Gasteiger partial charge is 0.352 e. The number of fused-ring (bicyclic) bond motifs is 1. The molecule has 0 fully saturated rings. The van der Waals surface area contributed by atoms with E-state index in [0.29, 0.717) is 30.2 Å². The van der Waals surface area contributed by atoms with Gasteiger partial charge in [0, 0.05) is 19.1 Å². The summed E-state index contributed by atoms with van der Waals surface area (Å²) in [5, 5.41) is 2.86. The van der Waals surface area contributed by atoms with Crippen molar-refractivity contribution in [1.29, 1.82) is 0 Å². The Hall–Kier alpha value is -2.38. The Morgan fingerprint density at radius 1 is 1.00 bits per heavy atom. The zero-order valence-corrected chi connectivity index (χ0v) is 18.0. The van der Waals surface area contributed by atoms with Crippen molar-refractivity contribution in [2.45, 2.75) is 74.1 Å². The van der Waals surface area contributed by atoms with Gasteiger partial charge >= 0.3 is 5.69 Å². The summed E-state index contributed by atoms with van der Waals surface area (Å²) in [4.78, 5) is 42.9. The molecule has 0 aliphatic heterocycles. The Bertz CT molecular complexity index is 949. The normalized spacial score (nSPS) is 13.1. The number of carbonyl (C=O) groups is 1. The summed E-state index contributed by atoms with van der Waals surface area (Å²) in [6.45, 7) is 14.8. The van der Waals surface area contributed by atoms with Gasteiger partial charge in [-0.25, -0.2) is 14.3 Å². The van der Waals surface area contributed by atoms with E-state index in [0.717, 1.165) is 4.57 Å². The van der Waals surface area contributed by atoms with E-state index in [2.05, 4.69) is 24.1 Å². The van der Waals surface area contributed by atoms with E-state index in [1.54, 1.807) is 10.9 Å². The van der Waals surface area contributed by atoms with E-state index in [1.807, 2.05) is 34.6 Å². The molecule has 0 saturated heterocycles. The van der Waals surface area contributed by atoms with Crippen LogP contribution in [0, 0.1) is 17.8 Å². The van der Waals surface area contributed by atoms with Gasteiger partial charge in [-0.2, -0.15) is 0 Å². The van der Waals surface area contributed by atoms with E-state index in [9.17, 15) is 14.4 Å². The summed E-state index contributed by atoms with van der Waals surface area (Å²) >= 11 is 0. The molecule has 1 unspecified atom stereocenters. The van der Waals surface area contributed by atoms with Gasteiger partial charge in [0.1, 0.15) is 6.54 Å². The molecule has 1 atom stereocenters. The minimum absolute atomic E-state index is 0.0451. The minimum Gasteiger partial charge on any atom is -0.352 e. The third kappa shape index (κ3) is 4.72. The quantitative estimate of drug-likeness (QED) is 0.743. The van der Waals surface area contributed by atoms with Crippen LogP contribution in [0.1, 0.15) is 48.5 Å². The molecule has 8 nitrogen and oxygen atoms in total. The van der Waals surface area contributed by atoms with E-state index >= 15 is 0 Å². The van der Waals surface area contributed by atoms with E-state index in [1.165, 1.54) is 4.57 Å². The predicted octanol–water partition coefficient (Wildman–Crippen LogP) is 1.83. The van der Waals surface area contributed by atoms with Gasteiger partial charge < -0.3 is 9.88 Å². The smallest absolute Gasteiger partial charge is 0.333 e. The van der Waals surface area contributed by atoms with Crippen molar-refractivity contribution >= 4 is 17.1 Å².